The lowest BCUT2D eigenvalue weighted by molar-refractivity contribution is -0.140. The molecule has 0 radical (unpaired) electrons. The monoisotopic (exact) mass is 452 g/mol. The Hall–Kier alpha value is -3.32. The normalized spacial score (nSPS) is 17.6. The van der Waals surface area contributed by atoms with Gasteiger partial charge in [-0.15, -0.1) is 0 Å². The van der Waals surface area contributed by atoms with Gasteiger partial charge in [-0.2, -0.15) is 0 Å². The Morgan fingerprint density at radius 2 is 1.73 bits per heavy atom. The van der Waals surface area contributed by atoms with Crippen LogP contribution in [0.4, 0.5) is 0 Å². The van der Waals surface area contributed by atoms with Crippen molar-refractivity contribution in [2.75, 3.05) is 40.4 Å². The van der Waals surface area contributed by atoms with Gasteiger partial charge in [-0.3, -0.25) is 9.59 Å². The minimum atomic E-state index is -0.717. The Morgan fingerprint density at radius 1 is 1.03 bits per heavy atom. The maximum absolute atomic E-state index is 13.1. The molecule has 7 nitrogen and oxygen atoms in total. The van der Waals surface area contributed by atoms with Gasteiger partial charge in [0.2, 0.25) is 0 Å². The third-order valence-corrected chi connectivity index (χ3v) is 5.39. The molecule has 1 amide bonds. The van der Waals surface area contributed by atoms with Crippen molar-refractivity contribution in [1.82, 2.24) is 9.80 Å². The lowest BCUT2D eigenvalue weighted by atomic mass is 9.95. The quantitative estimate of drug-likeness (QED) is 0.335. The number of likely N-dealkylation sites (tertiary alicyclic amines) is 1. The molecule has 3 rings (SSSR count). The van der Waals surface area contributed by atoms with Crippen LogP contribution in [0.3, 0.4) is 0 Å². The van der Waals surface area contributed by atoms with Gasteiger partial charge in [-0.25, -0.2) is 0 Å². The molecule has 1 unspecified atom stereocenters. The summed E-state index contributed by atoms with van der Waals surface area (Å²) in [5.41, 5.74) is 1.21. The van der Waals surface area contributed by atoms with Crippen LogP contribution in [0.5, 0.6) is 11.5 Å². The molecule has 0 bridgehead atoms. The molecule has 0 aliphatic carbocycles. The Labute approximate surface area is 195 Å². The highest BCUT2D eigenvalue weighted by Gasteiger charge is 2.46. The molecule has 1 heterocycles. The van der Waals surface area contributed by atoms with E-state index >= 15 is 0 Å². The number of aliphatic hydroxyl groups is 1. The third kappa shape index (κ3) is 5.54. The molecule has 1 atom stereocenters. The largest absolute Gasteiger partial charge is 0.507 e. The van der Waals surface area contributed by atoms with E-state index in [1.807, 2.05) is 57.1 Å². The first kappa shape index (κ1) is 24.3. The summed E-state index contributed by atoms with van der Waals surface area (Å²) in [4.78, 5) is 29.6. The zero-order chi connectivity index (χ0) is 24.0. The second kappa shape index (κ2) is 11.0. The van der Waals surface area contributed by atoms with Crippen molar-refractivity contribution in [1.29, 1.82) is 0 Å². The molecule has 0 aromatic heterocycles. The number of carbonyl (C=O) groups is 2. The van der Waals surface area contributed by atoms with Crippen molar-refractivity contribution < 1.29 is 24.2 Å². The second-order valence-corrected chi connectivity index (χ2v) is 8.18. The van der Waals surface area contributed by atoms with Gasteiger partial charge in [0.05, 0.1) is 24.8 Å². The molecule has 1 aliphatic heterocycles. The van der Waals surface area contributed by atoms with Crippen LogP contribution in [-0.2, 0) is 9.59 Å². The summed E-state index contributed by atoms with van der Waals surface area (Å²) in [5.74, 6) is -0.295. The molecule has 0 saturated carbocycles. The molecule has 33 heavy (non-hydrogen) atoms. The topological polar surface area (TPSA) is 79.3 Å². The number of rotatable bonds is 10. The summed E-state index contributed by atoms with van der Waals surface area (Å²) < 4.78 is 11.3. The summed E-state index contributed by atoms with van der Waals surface area (Å²) in [6.07, 6.45) is 0.851. The van der Waals surface area contributed by atoms with Crippen molar-refractivity contribution in [3.8, 4) is 11.5 Å². The predicted molar refractivity (Wildman–Crippen MR) is 127 cm³/mol. The fourth-order valence-electron chi connectivity index (χ4n) is 3.81. The zero-order valence-electron chi connectivity index (χ0n) is 19.7. The Morgan fingerprint density at radius 3 is 2.39 bits per heavy atom. The highest BCUT2D eigenvalue weighted by Crippen LogP contribution is 2.40. The van der Waals surface area contributed by atoms with E-state index in [9.17, 15) is 14.7 Å². The van der Waals surface area contributed by atoms with Gasteiger partial charge >= 0.3 is 0 Å². The number of hydrogen-bond donors (Lipinski definition) is 1. The Balaban J connectivity index is 2.11. The van der Waals surface area contributed by atoms with Crippen molar-refractivity contribution in [2.24, 2.45) is 0 Å². The van der Waals surface area contributed by atoms with E-state index in [0.717, 1.165) is 6.42 Å². The molecule has 2 aromatic rings. The molecular weight excluding hydrogens is 420 g/mol. The number of benzene rings is 2. The molecule has 176 valence electrons. The van der Waals surface area contributed by atoms with E-state index in [-0.39, 0.29) is 11.3 Å². The van der Waals surface area contributed by atoms with Crippen LogP contribution in [0, 0.1) is 0 Å². The number of amides is 1. The van der Waals surface area contributed by atoms with Crippen LogP contribution in [0.2, 0.25) is 0 Å². The van der Waals surface area contributed by atoms with E-state index in [4.69, 9.17) is 9.47 Å². The summed E-state index contributed by atoms with van der Waals surface area (Å²) in [6, 6.07) is 13.5. The van der Waals surface area contributed by atoms with Crippen LogP contribution < -0.4 is 9.47 Å². The fourth-order valence-corrected chi connectivity index (χ4v) is 3.81. The first-order valence-corrected chi connectivity index (χ1v) is 11.3. The minimum absolute atomic E-state index is 0.0695. The Bertz CT molecular complexity index is 1030. The average molecular weight is 453 g/mol. The average Bonchev–Trinajstić information content (AvgIpc) is 3.06. The van der Waals surface area contributed by atoms with Gasteiger partial charge in [0.25, 0.3) is 11.7 Å². The number of nitrogens with zero attached hydrogens (tertiary/aromatic N) is 2. The molecular formula is C26H32N2O5. The van der Waals surface area contributed by atoms with Gasteiger partial charge in [0.15, 0.2) is 0 Å². The van der Waals surface area contributed by atoms with Gasteiger partial charge in [-0.1, -0.05) is 31.2 Å². The molecule has 1 N–H and O–H groups in total. The third-order valence-electron chi connectivity index (χ3n) is 5.39. The van der Waals surface area contributed by atoms with Crippen molar-refractivity contribution in [3.05, 3.63) is 65.2 Å². The summed E-state index contributed by atoms with van der Waals surface area (Å²) in [6.45, 7) is 5.86. The summed E-state index contributed by atoms with van der Waals surface area (Å²) in [7, 11) is 3.81. The summed E-state index contributed by atoms with van der Waals surface area (Å²) in [5, 5.41) is 11.2. The van der Waals surface area contributed by atoms with Crippen LogP contribution in [-0.4, -0.2) is 67.0 Å². The number of Topliss-reactive ketones (excluding diaryl/α,β-unsaturated/α-hetero) is 1. The van der Waals surface area contributed by atoms with Crippen LogP contribution >= 0.6 is 0 Å². The fraction of sp³-hybridized carbons (Fsp3) is 0.385. The standard InChI is InChI=1S/C26H32N2O5/c1-5-15-33-21-12-8-10-19(17-21)24(29)22-23(18-9-7-11-20(16-18)32-6-2)28(14-13-27(3)4)26(31)25(22)30/h7-12,16-17,23,29H,5-6,13-15H2,1-4H3/b24-22-. The van der Waals surface area contributed by atoms with E-state index < -0.39 is 17.7 Å². The first-order valence-electron chi connectivity index (χ1n) is 11.3. The summed E-state index contributed by atoms with van der Waals surface area (Å²) >= 11 is 0. The Kier molecular flexibility index (Phi) is 8.11. The highest BCUT2D eigenvalue weighted by molar-refractivity contribution is 6.46. The maximum atomic E-state index is 13.1. The van der Waals surface area contributed by atoms with E-state index in [0.29, 0.717) is 48.9 Å². The smallest absolute Gasteiger partial charge is 0.295 e. The van der Waals surface area contributed by atoms with Crippen molar-refractivity contribution in [2.45, 2.75) is 26.3 Å². The minimum Gasteiger partial charge on any atom is -0.507 e. The number of aliphatic hydroxyl groups excluding tert-OH is 1. The molecule has 1 saturated heterocycles. The van der Waals surface area contributed by atoms with Crippen molar-refractivity contribution >= 4 is 17.4 Å². The van der Waals surface area contributed by atoms with Crippen LogP contribution in [0.1, 0.15) is 37.4 Å². The van der Waals surface area contributed by atoms with Gasteiger partial charge in [0, 0.05) is 18.7 Å². The van der Waals surface area contributed by atoms with Crippen LogP contribution in [0.15, 0.2) is 54.1 Å². The van der Waals surface area contributed by atoms with Gasteiger partial charge in [0.1, 0.15) is 17.3 Å². The van der Waals surface area contributed by atoms with E-state index in [1.165, 1.54) is 4.90 Å². The van der Waals surface area contributed by atoms with Gasteiger partial charge in [-0.05, 0) is 57.3 Å². The maximum Gasteiger partial charge on any atom is 0.295 e. The molecule has 1 fully saturated rings. The van der Waals surface area contributed by atoms with Crippen molar-refractivity contribution in [3.63, 3.8) is 0 Å². The van der Waals surface area contributed by atoms with Gasteiger partial charge < -0.3 is 24.4 Å². The SMILES string of the molecule is CCCOc1cccc(/C(O)=C2/C(=O)C(=O)N(CCN(C)C)C2c2cccc(OCC)c2)c1. The molecule has 2 aromatic carbocycles. The number of ketones is 1. The lowest BCUT2D eigenvalue weighted by Gasteiger charge is -2.27. The molecule has 0 spiro atoms. The lowest BCUT2D eigenvalue weighted by Crippen LogP contribution is -2.35. The highest BCUT2D eigenvalue weighted by atomic mass is 16.5. The number of carbonyl (C=O) groups excluding carboxylic acids is 2. The number of ether oxygens (including phenoxy) is 2. The van der Waals surface area contributed by atoms with E-state index in [2.05, 4.69) is 0 Å². The number of likely N-dealkylation sites (N-methyl/N-ethyl adjacent to an activating group) is 1. The van der Waals surface area contributed by atoms with Crippen LogP contribution in [0.25, 0.3) is 5.76 Å². The molecule has 7 heteroatoms. The first-order chi connectivity index (χ1) is 15.9. The molecule has 1 aliphatic rings. The predicted octanol–water partition coefficient (Wildman–Crippen LogP) is 3.86. The zero-order valence-corrected chi connectivity index (χ0v) is 19.7. The number of hydrogen-bond acceptors (Lipinski definition) is 6. The van der Waals surface area contributed by atoms with E-state index in [1.54, 1.807) is 24.3 Å². The second-order valence-electron chi connectivity index (χ2n) is 8.18.